The molecule has 1 amide bonds. The Balaban J connectivity index is 2.41. The van der Waals surface area contributed by atoms with Crippen LogP contribution in [-0.2, 0) is 4.74 Å². The number of ether oxygens (including phenoxy) is 1. The quantitative estimate of drug-likeness (QED) is 0.718. The Morgan fingerprint density at radius 2 is 1.68 bits per heavy atom. The molecule has 0 atom stereocenters. The number of carbonyl (C=O) groups is 1. The molecule has 0 radical (unpaired) electrons. The van der Waals surface area contributed by atoms with Gasteiger partial charge >= 0.3 is 6.09 Å². The van der Waals surface area contributed by atoms with E-state index in [0.717, 1.165) is 44.2 Å². The minimum absolute atomic E-state index is 0.0450. The van der Waals surface area contributed by atoms with E-state index >= 15 is 0 Å². The summed E-state index contributed by atoms with van der Waals surface area (Å²) in [6.45, 7) is 4.31. The maximum absolute atomic E-state index is 11.8. The fourth-order valence-corrected chi connectivity index (χ4v) is 1.95. The van der Waals surface area contributed by atoms with Crippen LogP contribution in [0.2, 0.25) is 0 Å². The first-order chi connectivity index (χ1) is 9.26. The summed E-state index contributed by atoms with van der Waals surface area (Å²) in [6.07, 6.45) is 6.09. The molecule has 1 rings (SSSR count). The molecule has 0 aliphatic heterocycles. The number of hydrogen-bond donors (Lipinski definition) is 1. The molecular formula is C16H25NO2. The van der Waals surface area contributed by atoms with Crippen molar-refractivity contribution < 1.29 is 9.53 Å². The molecule has 1 aromatic rings. The van der Waals surface area contributed by atoms with Crippen LogP contribution in [-0.4, -0.2) is 12.2 Å². The normalized spacial score (nSPS) is 10.5. The van der Waals surface area contributed by atoms with Crippen molar-refractivity contribution in [3.63, 3.8) is 0 Å². The summed E-state index contributed by atoms with van der Waals surface area (Å²) in [5, 5.41) is 2.76. The van der Waals surface area contributed by atoms with Gasteiger partial charge in [0, 0.05) is 5.69 Å². The van der Waals surface area contributed by atoms with E-state index in [1.807, 2.05) is 30.3 Å². The predicted octanol–water partition coefficient (Wildman–Crippen LogP) is 4.98. The van der Waals surface area contributed by atoms with E-state index in [1.54, 1.807) is 0 Å². The number of nitrogens with one attached hydrogen (secondary N) is 1. The summed E-state index contributed by atoms with van der Waals surface area (Å²) in [6, 6.07) is 9.41. The van der Waals surface area contributed by atoms with Crippen LogP contribution in [0.3, 0.4) is 0 Å². The van der Waals surface area contributed by atoms with E-state index in [2.05, 4.69) is 19.2 Å². The third-order valence-electron chi connectivity index (χ3n) is 3.05. The zero-order chi connectivity index (χ0) is 13.9. The summed E-state index contributed by atoms with van der Waals surface area (Å²) >= 11 is 0. The molecule has 0 heterocycles. The highest BCUT2D eigenvalue weighted by molar-refractivity contribution is 5.84. The van der Waals surface area contributed by atoms with Crippen LogP contribution < -0.4 is 5.32 Å². The number of unbranched alkanes of at least 4 members (excludes halogenated alkanes) is 2. The molecule has 0 bridgehead atoms. The van der Waals surface area contributed by atoms with Crippen molar-refractivity contribution in [3.05, 3.63) is 30.3 Å². The van der Waals surface area contributed by atoms with E-state index in [4.69, 9.17) is 4.74 Å². The van der Waals surface area contributed by atoms with Crippen LogP contribution in [0.4, 0.5) is 10.5 Å². The molecule has 19 heavy (non-hydrogen) atoms. The fraction of sp³-hybridized carbons (Fsp3) is 0.562. The Kier molecular flexibility index (Phi) is 7.71. The Hall–Kier alpha value is -1.51. The Morgan fingerprint density at radius 1 is 1.11 bits per heavy atom. The van der Waals surface area contributed by atoms with Crippen LogP contribution in [0.25, 0.3) is 0 Å². The number of anilines is 1. The Labute approximate surface area is 116 Å². The molecule has 0 saturated carbocycles. The molecule has 106 valence electrons. The maximum atomic E-state index is 11.8. The average Bonchev–Trinajstić information content (AvgIpc) is 2.43. The van der Waals surface area contributed by atoms with Crippen molar-refractivity contribution in [2.24, 2.45) is 0 Å². The van der Waals surface area contributed by atoms with Gasteiger partial charge in [0.05, 0.1) is 0 Å². The van der Waals surface area contributed by atoms with Crippen molar-refractivity contribution >= 4 is 11.8 Å². The number of benzene rings is 1. The molecule has 1 aromatic carbocycles. The molecule has 0 spiro atoms. The lowest BCUT2D eigenvalue weighted by Gasteiger charge is -2.17. The van der Waals surface area contributed by atoms with Crippen LogP contribution in [0.15, 0.2) is 30.3 Å². The molecule has 0 saturated heterocycles. The third-order valence-corrected chi connectivity index (χ3v) is 3.05. The second kappa shape index (κ2) is 9.42. The van der Waals surface area contributed by atoms with Crippen molar-refractivity contribution in [1.29, 1.82) is 0 Å². The van der Waals surface area contributed by atoms with Gasteiger partial charge in [0.1, 0.15) is 6.10 Å². The molecule has 3 nitrogen and oxygen atoms in total. The lowest BCUT2D eigenvalue weighted by molar-refractivity contribution is 0.0968. The second-order valence-corrected chi connectivity index (χ2v) is 4.80. The van der Waals surface area contributed by atoms with Gasteiger partial charge in [0.2, 0.25) is 0 Å². The predicted molar refractivity (Wildman–Crippen MR) is 79.4 cm³/mol. The standard InChI is InChI=1S/C16H25NO2/c1-3-5-12-15(13-6-4-2)19-16(18)17-14-10-8-7-9-11-14/h7-11,15H,3-6,12-13H2,1-2H3,(H,17,18). The second-order valence-electron chi connectivity index (χ2n) is 4.80. The molecule has 0 aliphatic rings. The van der Waals surface area contributed by atoms with Gasteiger partial charge in [-0.15, -0.1) is 0 Å². The first-order valence-corrected chi connectivity index (χ1v) is 7.29. The molecule has 0 fully saturated rings. The van der Waals surface area contributed by atoms with E-state index in [9.17, 15) is 4.79 Å². The van der Waals surface area contributed by atoms with E-state index < -0.39 is 0 Å². The molecular weight excluding hydrogens is 238 g/mol. The van der Waals surface area contributed by atoms with Gasteiger partial charge in [0.25, 0.3) is 0 Å². The van der Waals surface area contributed by atoms with Gasteiger partial charge < -0.3 is 4.74 Å². The van der Waals surface area contributed by atoms with Crippen molar-refractivity contribution in [2.45, 2.75) is 58.5 Å². The first kappa shape index (κ1) is 15.5. The Bertz CT molecular complexity index is 343. The largest absolute Gasteiger partial charge is 0.446 e. The lowest BCUT2D eigenvalue weighted by Crippen LogP contribution is -2.22. The Morgan fingerprint density at radius 3 is 2.21 bits per heavy atom. The van der Waals surface area contributed by atoms with Gasteiger partial charge in [-0.1, -0.05) is 57.7 Å². The molecule has 0 aliphatic carbocycles. The summed E-state index contributed by atoms with van der Waals surface area (Å²) in [5.41, 5.74) is 0.775. The molecule has 0 aromatic heterocycles. The van der Waals surface area contributed by atoms with E-state index in [1.165, 1.54) is 0 Å². The number of hydrogen-bond acceptors (Lipinski definition) is 2. The highest BCUT2D eigenvalue weighted by Gasteiger charge is 2.13. The topological polar surface area (TPSA) is 38.3 Å². The summed E-state index contributed by atoms with van der Waals surface area (Å²) < 4.78 is 5.51. The lowest BCUT2D eigenvalue weighted by atomic mass is 10.1. The van der Waals surface area contributed by atoms with Crippen molar-refractivity contribution in [2.75, 3.05) is 5.32 Å². The number of carbonyl (C=O) groups excluding carboxylic acids is 1. The van der Waals surface area contributed by atoms with Gasteiger partial charge in [-0.25, -0.2) is 4.79 Å². The van der Waals surface area contributed by atoms with E-state index in [-0.39, 0.29) is 12.2 Å². The SMILES string of the molecule is CCCCC(CCCC)OC(=O)Nc1ccccc1. The van der Waals surface area contributed by atoms with Crippen LogP contribution in [0.1, 0.15) is 52.4 Å². The highest BCUT2D eigenvalue weighted by Crippen LogP contribution is 2.14. The van der Waals surface area contributed by atoms with E-state index in [0.29, 0.717) is 0 Å². The molecule has 1 N–H and O–H groups in total. The fourth-order valence-electron chi connectivity index (χ4n) is 1.95. The monoisotopic (exact) mass is 263 g/mol. The van der Waals surface area contributed by atoms with Crippen molar-refractivity contribution in [1.82, 2.24) is 0 Å². The summed E-state index contributed by atoms with van der Waals surface area (Å²) in [5.74, 6) is 0. The zero-order valence-electron chi connectivity index (χ0n) is 12.0. The minimum atomic E-state index is -0.344. The van der Waals surface area contributed by atoms with Gasteiger partial charge in [-0.05, 0) is 25.0 Å². The van der Waals surface area contributed by atoms with Gasteiger partial charge in [0.15, 0.2) is 0 Å². The zero-order valence-corrected chi connectivity index (χ0v) is 12.0. The summed E-state index contributed by atoms with van der Waals surface area (Å²) in [4.78, 5) is 11.8. The highest BCUT2D eigenvalue weighted by atomic mass is 16.6. The van der Waals surface area contributed by atoms with Gasteiger partial charge in [-0.2, -0.15) is 0 Å². The van der Waals surface area contributed by atoms with Crippen LogP contribution in [0.5, 0.6) is 0 Å². The smallest absolute Gasteiger partial charge is 0.411 e. The van der Waals surface area contributed by atoms with Crippen LogP contribution >= 0.6 is 0 Å². The molecule has 0 unspecified atom stereocenters. The average molecular weight is 263 g/mol. The van der Waals surface area contributed by atoms with Crippen molar-refractivity contribution in [3.8, 4) is 0 Å². The minimum Gasteiger partial charge on any atom is -0.446 e. The molecule has 3 heteroatoms. The van der Waals surface area contributed by atoms with Crippen LogP contribution in [0, 0.1) is 0 Å². The number of amides is 1. The van der Waals surface area contributed by atoms with Gasteiger partial charge in [-0.3, -0.25) is 5.32 Å². The first-order valence-electron chi connectivity index (χ1n) is 7.29. The third kappa shape index (κ3) is 6.85. The maximum Gasteiger partial charge on any atom is 0.411 e. The number of para-hydroxylation sites is 1. The summed E-state index contributed by atoms with van der Waals surface area (Å²) in [7, 11) is 0. The number of rotatable bonds is 8.